The van der Waals surface area contributed by atoms with E-state index in [1.165, 1.54) is 28.0 Å². The van der Waals surface area contributed by atoms with Crippen molar-refractivity contribution in [2.75, 3.05) is 14.2 Å². The molecule has 148 valence electrons. The van der Waals surface area contributed by atoms with Crippen LogP contribution in [0.1, 0.15) is 41.0 Å². The van der Waals surface area contributed by atoms with Crippen molar-refractivity contribution in [3.63, 3.8) is 0 Å². The second kappa shape index (κ2) is 7.51. The van der Waals surface area contributed by atoms with Crippen LogP contribution in [0, 0.1) is 11.3 Å². The van der Waals surface area contributed by atoms with Crippen molar-refractivity contribution in [3.8, 4) is 0 Å². The summed E-state index contributed by atoms with van der Waals surface area (Å²) in [6.45, 7) is 7.76. The van der Waals surface area contributed by atoms with Crippen LogP contribution in [0.3, 0.4) is 0 Å². The zero-order valence-electron chi connectivity index (χ0n) is 16.3. The summed E-state index contributed by atoms with van der Waals surface area (Å²) < 4.78 is 10.1. The quantitative estimate of drug-likeness (QED) is 0.706. The van der Waals surface area contributed by atoms with Crippen molar-refractivity contribution in [1.82, 2.24) is 10.2 Å². The van der Waals surface area contributed by atoms with Crippen LogP contribution in [0.5, 0.6) is 0 Å². The average Bonchev–Trinajstić information content (AvgIpc) is 2.77. The fraction of sp³-hybridized carbons (Fsp3) is 0.765. The molecule has 0 aromatic rings. The van der Waals surface area contributed by atoms with Crippen molar-refractivity contribution < 1.29 is 33.8 Å². The van der Waals surface area contributed by atoms with Crippen LogP contribution in [0.15, 0.2) is 0 Å². The van der Waals surface area contributed by atoms with Gasteiger partial charge in [-0.2, -0.15) is 0 Å². The third kappa shape index (κ3) is 4.44. The van der Waals surface area contributed by atoms with E-state index in [0.717, 1.165) is 4.90 Å². The van der Waals surface area contributed by atoms with Gasteiger partial charge >= 0.3 is 18.0 Å². The van der Waals surface area contributed by atoms with E-state index < -0.39 is 53.0 Å². The Labute approximate surface area is 153 Å². The summed E-state index contributed by atoms with van der Waals surface area (Å²) in [7, 11) is 2.59. The van der Waals surface area contributed by atoms with Gasteiger partial charge in [0.05, 0.1) is 30.5 Å². The van der Waals surface area contributed by atoms with Gasteiger partial charge in [-0.3, -0.25) is 14.4 Å². The smallest absolute Gasteiger partial charge is 0.410 e. The van der Waals surface area contributed by atoms with Crippen LogP contribution in [-0.4, -0.2) is 65.8 Å². The highest BCUT2D eigenvalue weighted by molar-refractivity contribution is 5.84. The van der Waals surface area contributed by atoms with Crippen molar-refractivity contribution in [1.29, 1.82) is 0 Å². The third-order valence-corrected chi connectivity index (χ3v) is 4.53. The number of rotatable bonds is 4. The number of aliphatic carboxylic acids is 1. The lowest BCUT2D eigenvalue weighted by atomic mass is 9.83. The number of carbonyl (C=O) groups excluding carboxylic acids is 3. The molecule has 1 fully saturated rings. The average molecular weight is 372 g/mol. The van der Waals surface area contributed by atoms with Gasteiger partial charge in [-0.1, -0.05) is 0 Å². The molecule has 26 heavy (non-hydrogen) atoms. The first kappa shape index (κ1) is 21.7. The van der Waals surface area contributed by atoms with E-state index >= 15 is 0 Å². The molecule has 0 unspecified atom stereocenters. The highest BCUT2D eigenvalue weighted by Crippen LogP contribution is 2.45. The molecule has 2 amide bonds. The molecule has 0 aromatic heterocycles. The SMILES string of the molecule is COC(=O)[C@@H]1C[C@](C)(C(=O)O)[C@H](N(C)C(=O)OC(C)(C)C)[C@@H]1NC(C)=O. The summed E-state index contributed by atoms with van der Waals surface area (Å²) in [4.78, 5) is 49.5. The number of methoxy groups -OCH3 is 1. The van der Waals surface area contributed by atoms with E-state index in [1.807, 2.05) is 0 Å². The molecule has 1 rings (SSSR count). The van der Waals surface area contributed by atoms with Crippen molar-refractivity contribution in [3.05, 3.63) is 0 Å². The summed E-state index contributed by atoms with van der Waals surface area (Å²) in [5.41, 5.74) is -2.26. The van der Waals surface area contributed by atoms with Crippen LogP contribution in [0.2, 0.25) is 0 Å². The van der Waals surface area contributed by atoms with E-state index in [2.05, 4.69) is 5.32 Å². The Kier molecular flexibility index (Phi) is 6.27. The molecule has 1 aliphatic rings. The first-order valence-corrected chi connectivity index (χ1v) is 8.28. The standard InChI is InChI=1S/C17H28N2O7/c1-9(20)18-11-10(13(21)25-7)8-17(5,14(22)23)12(11)19(6)15(24)26-16(2,3)4/h10-12H,8H2,1-7H3,(H,18,20)(H,22,23)/t10-,11-,12-,17+/m1/s1. The molecule has 0 spiro atoms. The van der Waals surface area contributed by atoms with Crippen LogP contribution in [-0.2, 0) is 23.9 Å². The number of nitrogens with one attached hydrogen (secondary N) is 1. The van der Waals surface area contributed by atoms with Crippen LogP contribution in [0.25, 0.3) is 0 Å². The summed E-state index contributed by atoms with van der Waals surface area (Å²) in [6, 6.07) is -1.92. The molecular weight excluding hydrogens is 344 g/mol. The van der Waals surface area contributed by atoms with E-state index in [1.54, 1.807) is 20.8 Å². The molecule has 4 atom stereocenters. The third-order valence-electron chi connectivity index (χ3n) is 4.53. The minimum atomic E-state index is -1.47. The number of carboxylic acid groups (broad SMARTS) is 1. The summed E-state index contributed by atoms with van der Waals surface area (Å²) >= 11 is 0. The lowest BCUT2D eigenvalue weighted by Gasteiger charge is -2.38. The minimum absolute atomic E-state index is 0.0856. The van der Waals surface area contributed by atoms with E-state index in [4.69, 9.17) is 9.47 Å². The zero-order valence-corrected chi connectivity index (χ0v) is 16.3. The van der Waals surface area contributed by atoms with Gasteiger partial charge in [-0.25, -0.2) is 4.79 Å². The normalized spacial score (nSPS) is 28.2. The number of amides is 2. The van der Waals surface area contributed by atoms with Gasteiger partial charge in [-0.05, 0) is 34.1 Å². The number of hydrogen-bond donors (Lipinski definition) is 2. The maximum Gasteiger partial charge on any atom is 0.410 e. The molecule has 0 aliphatic heterocycles. The van der Waals surface area contributed by atoms with E-state index in [9.17, 15) is 24.3 Å². The van der Waals surface area contributed by atoms with E-state index in [0.29, 0.717) is 0 Å². The van der Waals surface area contributed by atoms with E-state index in [-0.39, 0.29) is 6.42 Å². The number of nitrogens with zero attached hydrogens (tertiary/aromatic N) is 1. The summed E-state index contributed by atoms with van der Waals surface area (Å²) in [5, 5.41) is 12.4. The van der Waals surface area contributed by atoms with Gasteiger partial charge in [0.15, 0.2) is 0 Å². The predicted molar refractivity (Wildman–Crippen MR) is 91.3 cm³/mol. The molecule has 0 heterocycles. The first-order chi connectivity index (χ1) is 11.7. The second-order valence-corrected chi connectivity index (χ2v) is 7.82. The molecule has 0 radical (unpaired) electrons. The Morgan fingerprint density at radius 1 is 1.23 bits per heavy atom. The molecule has 9 heteroatoms. The molecule has 0 aromatic carbocycles. The first-order valence-electron chi connectivity index (χ1n) is 8.28. The van der Waals surface area contributed by atoms with Crippen LogP contribution < -0.4 is 5.32 Å². The maximum absolute atomic E-state index is 12.5. The number of carboxylic acids is 1. The topological polar surface area (TPSA) is 122 Å². The molecule has 2 N–H and O–H groups in total. The molecule has 0 bridgehead atoms. The van der Waals surface area contributed by atoms with Gasteiger partial charge in [0.1, 0.15) is 5.60 Å². The molecule has 1 saturated carbocycles. The second-order valence-electron chi connectivity index (χ2n) is 7.82. The Balaban J connectivity index is 3.37. The minimum Gasteiger partial charge on any atom is -0.481 e. The summed E-state index contributed by atoms with van der Waals surface area (Å²) in [6.07, 6.45) is -0.826. The Bertz CT molecular complexity index is 598. The Morgan fingerprint density at radius 3 is 2.15 bits per heavy atom. The predicted octanol–water partition coefficient (Wildman–Crippen LogP) is 1.01. The van der Waals surface area contributed by atoms with Gasteiger partial charge in [0.2, 0.25) is 5.91 Å². The molecule has 1 aliphatic carbocycles. The number of carbonyl (C=O) groups is 4. The van der Waals surface area contributed by atoms with Crippen LogP contribution in [0.4, 0.5) is 4.79 Å². The number of hydrogen-bond acceptors (Lipinski definition) is 6. The monoisotopic (exact) mass is 372 g/mol. The van der Waals surface area contributed by atoms with Crippen molar-refractivity contribution in [2.45, 2.75) is 58.7 Å². The number of likely N-dealkylation sites (N-methyl/N-ethyl adjacent to an activating group) is 1. The fourth-order valence-electron chi connectivity index (χ4n) is 3.45. The van der Waals surface area contributed by atoms with Gasteiger partial charge in [0.25, 0.3) is 0 Å². The Hall–Kier alpha value is -2.32. The fourth-order valence-corrected chi connectivity index (χ4v) is 3.45. The molecular formula is C17H28N2O7. The largest absolute Gasteiger partial charge is 0.481 e. The summed E-state index contributed by atoms with van der Waals surface area (Å²) in [5.74, 6) is -3.17. The lowest BCUT2D eigenvalue weighted by molar-refractivity contribution is -0.151. The molecule has 0 saturated heterocycles. The van der Waals surface area contributed by atoms with Gasteiger partial charge < -0.3 is 24.8 Å². The highest BCUT2D eigenvalue weighted by Gasteiger charge is 2.60. The maximum atomic E-state index is 12.5. The van der Waals surface area contributed by atoms with Crippen molar-refractivity contribution in [2.24, 2.45) is 11.3 Å². The highest BCUT2D eigenvalue weighted by atomic mass is 16.6. The number of esters is 1. The zero-order chi connectivity index (χ0) is 20.4. The van der Waals surface area contributed by atoms with Crippen molar-refractivity contribution >= 4 is 23.9 Å². The van der Waals surface area contributed by atoms with Crippen LogP contribution >= 0.6 is 0 Å². The molecule has 9 nitrogen and oxygen atoms in total. The van der Waals surface area contributed by atoms with Gasteiger partial charge in [0, 0.05) is 14.0 Å². The number of ether oxygens (including phenoxy) is 2. The Morgan fingerprint density at radius 2 is 1.77 bits per heavy atom. The lowest BCUT2D eigenvalue weighted by Crippen LogP contribution is -2.58. The van der Waals surface area contributed by atoms with Gasteiger partial charge in [-0.15, -0.1) is 0 Å².